The number of halogens is 3. The number of hydrogen-bond acceptors (Lipinski definition) is 3. The minimum Gasteiger partial charge on any atom is -0.457 e. The van der Waals surface area contributed by atoms with Gasteiger partial charge < -0.3 is 14.7 Å². The summed E-state index contributed by atoms with van der Waals surface area (Å²) >= 11 is 0. The molecule has 1 N–H and O–H groups in total. The number of amidine groups is 1. The van der Waals surface area contributed by atoms with Crippen molar-refractivity contribution in [1.82, 2.24) is 4.90 Å². The molecule has 0 radical (unpaired) electrons. The Balaban J connectivity index is 2.72. The lowest BCUT2D eigenvalue weighted by atomic mass is 10.3. The normalized spacial score (nSPS) is 24.3. The third-order valence-electron chi connectivity index (χ3n) is 1.91. The Bertz CT molecular complexity index is 266. The van der Waals surface area contributed by atoms with Crippen LogP contribution in [0.3, 0.4) is 0 Å². The fraction of sp³-hybridized carbons (Fsp3) is 0.889. The van der Waals surface area contributed by atoms with Crippen LogP contribution in [0.5, 0.6) is 0 Å². The molecular weight excluding hydrogens is 225 g/mol. The second-order valence-corrected chi connectivity index (χ2v) is 3.92. The summed E-state index contributed by atoms with van der Waals surface area (Å²) in [4.78, 5) is 4.95. The lowest BCUT2D eigenvalue weighted by molar-refractivity contribution is -0.137. The Hall–Kier alpha value is -0.980. The molecule has 0 aromatic heterocycles. The Kier molecular flexibility index (Phi) is 4.01. The Morgan fingerprint density at radius 3 is 2.62 bits per heavy atom. The zero-order valence-electron chi connectivity index (χ0n) is 9.16. The number of alkyl halides is 3. The standard InChI is InChI=1S/C9H15F3N2O2/c1-6(2)13-8-14(5-9(10,11)12)3-7(4-15)16-8/h6-7,15H,3-5H2,1-2H3. The smallest absolute Gasteiger partial charge is 0.406 e. The van der Waals surface area contributed by atoms with Crippen LogP contribution in [0, 0.1) is 0 Å². The average molecular weight is 240 g/mol. The molecule has 4 nitrogen and oxygen atoms in total. The second-order valence-electron chi connectivity index (χ2n) is 3.92. The average Bonchev–Trinajstić information content (AvgIpc) is 2.44. The van der Waals surface area contributed by atoms with Crippen LogP contribution in [0.2, 0.25) is 0 Å². The summed E-state index contributed by atoms with van der Waals surface area (Å²) in [7, 11) is 0. The molecule has 7 heteroatoms. The highest BCUT2D eigenvalue weighted by atomic mass is 19.4. The van der Waals surface area contributed by atoms with E-state index in [4.69, 9.17) is 9.84 Å². The molecule has 1 aliphatic heterocycles. The molecule has 0 aliphatic carbocycles. The summed E-state index contributed by atoms with van der Waals surface area (Å²) in [6, 6.07) is -0.186. The molecule has 0 amide bonds. The van der Waals surface area contributed by atoms with Gasteiger partial charge in [0, 0.05) is 6.04 Å². The predicted molar refractivity (Wildman–Crippen MR) is 52.2 cm³/mol. The van der Waals surface area contributed by atoms with E-state index >= 15 is 0 Å². The van der Waals surface area contributed by atoms with Crippen LogP contribution in [0.15, 0.2) is 4.99 Å². The molecule has 0 bridgehead atoms. The molecule has 0 saturated carbocycles. The molecular formula is C9H15F3N2O2. The maximum Gasteiger partial charge on any atom is 0.406 e. The van der Waals surface area contributed by atoms with Crippen molar-refractivity contribution in [2.45, 2.75) is 32.2 Å². The van der Waals surface area contributed by atoms with Crippen LogP contribution in [0.4, 0.5) is 13.2 Å². The molecule has 1 fully saturated rings. The zero-order chi connectivity index (χ0) is 12.3. The predicted octanol–water partition coefficient (Wildman–Crippen LogP) is 1.01. The Morgan fingerprint density at radius 2 is 2.19 bits per heavy atom. The van der Waals surface area contributed by atoms with Crippen molar-refractivity contribution in [3.05, 3.63) is 0 Å². The molecule has 0 aromatic carbocycles. The van der Waals surface area contributed by atoms with E-state index in [1.807, 2.05) is 0 Å². The summed E-state index contributed by atoms with van der Waals surface area (Å²) < 4.78 is 41.8. The van der Waals surface area contributed by atoms with Gasteiger partial charge >= 0.3 is 6.18 Å². The van der Waals surface area contributed by atoms with Crippen LogP contribution in [0.25, 0.3) is 0 Å². The first kappa shape index (κ1) is 13.1. The molecule has 1 atom stereocenters. The van der Waals surface area contributed by atoms with Crippen molar-refractivity contribution in [3.8, 4) is 0 Å². The van der Waals surface area contributed by atoms with Crippen LogP contribution >= 0.6 is 0 Å². The number of nitrogens with zero attached hydrogens (tertiary/aromatic N) is 2. The Morgan fingerprint density at radius 1 is 1.56 bits per heavy atom. The molecule has 1 rings (SSSR count). The van der Waals surface area contributed by atoms with Gasteiger partial charge in [-0.05, 0) is 13.8 Å². The lowest BCUT2D eigenvalue weighted by Crippen LogP contribution is -2.36. The van der Waals surface area contributed by atoms with E-state index in [2.05, 4.69) is 4.99 Å². The van der Waals surface area contributed by atoms with Crippen LogP contribution in [-0.2, 0) is 4.74 Å². The summed E-state index contributed by atoms with van der Waals surface area (Å²) in [5.41, 5.74) is 0. The zero-order valence-corrected chi connectivity index (χ0v) is 9.16. The maximum absolute atomic E-state index is 12.2. The third-order valence-corrected chi connectivity index (χ3v) is 1.91. The van der Waals surface area contributed by atoms with E-state index in [-0.39, 0.29) is 25.2 Å². The van der Waals surface area contributed by atoms with Crippen LogP contribution in [0.1, 0.15) is 13.8 Å². The largest absolute Gasteiger partial charge is 0.457 e. The van der Waals surface area contributed by atoms with Gasteiger partial charge in [0.25, 0.3) is 6.02 Å². The fourth-order valence-electron chi connectivity index (χ4n) is 1.36. The molecule has 1 unspecified atom stereocenters. The number of aliphatic hydroxyl groups is 1. The third kappa shape index (κ3) is 3.88. The van der Waals surface area contributed by atoms with Gasteiger partial charge in [0.05, 0.1) is 13.2 Å². The van der Waals surface area contributed by atoms with E-state index < -0.39 is 18.8 Å². The van der Waals surface area contributed by atoms with Crippen molar-refractivity contribution >= 4 is 6.02 Å². The fourth-order valence-corrected chi connectivity index (χ4v) is 1.36. The maximum atomic E-state index is 12.2. The molecule has 16 heavy (non-hydrogen) atoms. The highest BCUT2D eigenvalue weighted by Crippen LogP contribution is 2.21. The van der Waals surface area contributed by atoms with Crippen LogP contribution in [-0.4, -0.2) is 54.0 Å². The number of rotatable bonds is 3. The first-order valence-electron chi connectivity index (χ1n) is 4.99. The minimum atomic E-state index is -4.30. The molecule has 1 saturated heterocycles. The molecule has 0 aromatic rings. The SMILES string of the molecule is CC(C)N=C1OC(CO)CN1CC(F)(F)F. The number of ether oxygens (including phenoxy) is 1. The number of hydrogen-bond donors (Lipinski definition) is 1. The first-order chi connectivity index (χ1) is 7.31. The van der Waals surface area contributed by atoms with Crippen molar-refractivity contribution in [1.29, 1.82) is 0 Å². The molecule has 1 heterocycles. The van der Waals surface area contributed by atoms with E-state index in [1.54, 1.807) is 13.8 Å². The van der Waals surface area contributed by atoms with Gasteiger partial charge in [-0.1, -0.05) is 0 Å². The quantitative estimate of drug-likeness (QED) is 0.800. The first-order valence-corrected chi connectivity index (χ1v) is 4.99. The van der Waals surface area contributed by atoms with Crippen molar-refractivity contribution in [3.63, 3.8) is 0 Å². The summed E-state index contributed by atoms with van der Waals surface area (Å²) in [6.07, 6.45) is -4.93. The highest BCUT2D eigenvalue weighted by Gasteiger charge is 2.38. The van der Waals surface area contributed by atoms with E-state index in [0.717, 1.165) is 4.90 Å². The number of aliphatic hydroxyl groups excluding tert-OH is 1. The summed E-state index contributed by atoms with van der Waals surface area (Å²) in [5.74, 6) is 0. The number of aliphatic imine (C=N–C) groups is 1. The van der Waals surface area contributed by atoms with Crippen molar-refractivity contribution < 1.29 is 23.0 Å². The second kappa shape index (κ2) is 4.90. The molecule has 94 valence electrons. The van der Waals surface area contributed by atoms with Crippen molar-refractivity contribution in [2.24, 2.45) is 4.99 Å². The van der Waals surface area contributed by atoms with Gasteiger partial charge in [-0.2, -0.15) is 13.2 Å². The lowest BCUT2D eigenvalue weighted by Gasteiger charge is -2.18. The van der Waals surface area contributed by atoms with E-state index in [0.29, 0.717) is 0 Å². The van der Waals surface area contributed by atoms with E-state index in [1.165, 1.54) is 0 Å². The summed E-state index contributed by atoms with van der Waals surface area (Å²) in [6.45, 7) is 2.09. The van der Waals surface area contributed by atoms with Gasteiger partial charge in [-0.25, -0.2) is 4.99 Å². The minimum absolute atomic E-state index is 0.0154. The molecule has 1 aliphatic rings. The van der Waals surface area contributed by atoms with Gasteiger partial charge in [-0.15, -0.1) is 0 Å². The summed E-state index contributed by atoms with van der Waals surface area (Å²) in [5, 5.41) is 8.85. The van der Waals surface area contributed by atoms with Gasteiger partial charge in [-0.3, -0.25) is 0 Å². The highest BCUT2D eigenvalue weighted by molar-refractivity contribution is 5.76. The van der Waals surface area contributed by atoms with Gasteiger partial charge in [0.15, 0.2) is 0 Å². The monoisotopic (exact) mass is 240 g/mol. The van der Waals surface area contributed by atoms with E-state index in [9.17, 15) is 13.2 Å². The van der Waals surface area contributed by atoms with Crippen molar-refractivity contribution in [2.75, 3.05) is 19.7 Å². The topological polar surface area (TPSA) is 45.1 Å². The van der Waals surface area contributed by atoms with Gasteiger partial charge in [0.2, 0.25) is 0 Å². The molecule has 0 spiro atoms. The Labute approximate surface area is 91.7 Å². The van der Waals surface area contributed by atoms with Gasteiger partial charge in [0.1, 0.15) is 12.6 Å². The van der Waals surface area contributed by atoms with Crippen LogP contribution < -0.4 is 0 Å².